The largest absolute Gasteiger partial charge is 0.461 e. The molecular formula is C13H12N2O2S. The monoisotopic (exact) mass is 260 g/mol. The maximum atomic E-state index is 11.8. The SMILES string of the molecule is CS/C(=C/C(=O)c1ccco1)Nc1ccccn1. The number of rotatable bonds is 5. The Labute approximate surface area is 109 Å². The first kappa shape index (κ1) is 12.4. The van der Waals surface area contributed by atoms with E-state index in [9.17, 15) is 4.79 Å². The molecule has 2 aromatic rings. The molecule has 0 aromatic carbocycles. The van der Waals surface area contributed by atoms with Gasteiger partial charge in [-0.05, 0) is 30.5 Å². The van der Waals surface area contributed by atoms with E-state index in [1.807, 2.05) is 24.5 Å². The lowest BCUT2D eigenvalue weighted by Crippen LogP contribution is -2.01. The Morgan fingerprint density at radius 1 is 1.39 bits per heavy atom. The number of hydrogen-bond acceptors (Lipinski definition) is 5. The van der Waals surface area contributed by atoms with E-state index in [1.54, 1.807) is 18.3 Å². The number of carbonyl (C=O) groups is 1. The summed E-state index contributed by atoms with van der Waals surface area (Å²) in [4.78, 5) is 16.0. The zero-order valence-electron chi connectivity index (χ0n) is 9.79. The number of hydrogen-bond donors (Lipinski definition) is 1. The molecule has 2 aromatic heterocycles. The highest BCUT2D eigenvalue weighted by molar-refractivity contribution is 8.02. The van der Waals surface area contributed by atoms with Crippen molar-refractivity contribution in [2.45, 2.75) is 0 Å². The normalized spacial score (nSPS) is 11.3. The summed E-state index contributed by atoms with van der Waals surface area (Å²) in [5, 5.41) is 3.79. The number of aromatic nitrogens is 1. The van der Waals surface area contributed by atoms with Crippen LogP contribution in [0.5, 0.6) is 0 Å². The van der Waals surface area contributed by atoms with Gasteiger partial charge >= 0.3 is 0 Å². The van der Waals surface area contributed by atoms with Gasteiger partial charge in [-0.25, -0.2) is 4.98 Å². The van der Waals surface area contributed by atoms with Crippen molar-refractivity contribution in [3.63, 3.8) is 0 Å². The number of furan rings is 1. The zero-order valence-corrected chi connectivity index (χ0v) is 10.6. The van der Waals surface area contributed by atoms with Crippen molar-refractivity contribution >= 4 is 23.4 Å². The van der Waals surface area contributed by atoms with Crippen LogP contribution >= 0.6 is 11.8 Å². The summed E-state index contributed by atoms with van der Waals surface area (Å²) in [6, 6.07) is 8.87. The van der Waals surface area contributed by atoms with Gasteiger partial charge in [-0.1, -0.05) is 6.07 Å². The molecular weight excluding hydrogens is 248 g/mol. The van der Waals surface area contributed by atoms with Gasteiger partial charge in [0, 0.05) is 12.3 Å². The molecule has 2 rings (SSSR count). The van der Waals surface area contributed by atoms with Crippen LogP contribution < -0.4 is 5.32 Å². The Balaban J connectivity index is 2.11. The maximum absolute atomic E-state index is 11.8. The minimum Gasteiger partial charge on any atom is -0.461 e. The highest BCUT2D eigenvalue weighted by Gasteiger charge is 2.07. The molecule has 18 heavy (non-hydrogen) atoms. The summed E-state index contributed by atoms with van der Waals surface area (Å²) in [6.07, 6.45) is 6.55. The third kappa shape index (κ3) is 3.24. The summed E-state index contributed by atoms with van der Waals surface area (Å²) in [7, 11) is 0. The molecule has 0 radical (unpaired) electrons. The Bertz CT molecular complexity index is 535. The zero-order chi connectivity index (χ0) is 12.8. The topological polar surface area (TPSA) is 55.1 Å². The van der Waals surface area contributed by atoms with Crippen LogP contribution in [0.15, 0.2) is 58.3 Å². The van der Waals surface area contributed by atoms with Crippen LogP contribution in [-0.4, -0.2) is 17.0 Å². The van der Waals surface area contributed by atoms with Gasteiger partial charge in [0.25, 0.3) is 0 Å². The molecule has 0 aliphatic carbocycles. The molecule has 92 valence electrons. The molecule has 0 bridgehead atoms. The second kappa shape index (κ2) is 6.07. The summed E-state index contributed by atoms with van der Waals surface area (Å²) < 4.78 is 5.04. The lowest BCUT2D eigenvalue weighted by Gasteiger charge is -2.06. The molecule has 0 saturated carbocycles. The predicted molar refractivity (Wildman–Crippen MR) is 72.5 cm³/mol. The molecule has 0 aliphatic heterocycles. The summed E-state index contributed by atoms with van der Waals surface area (Å²) in [5.41, 5.74) is 0. The maximum Gasteiger partial charge on any atom is 0.223 e. The van der Waals surface area contributed by atoms with E-state index < -0.39 is 0 Å². The Kier molecular flexibility index (Phi) is 4.20. The van der Waals surface area contributed by atoms with E-state index in [4.69, 9.17) is 4.42 Å². The number of nitrogens with one attached hydrogen (secondary N) is 1. The Morgan fingerprint density at radius 2 is 2.28 bits per heavy atom. The standard InChI is InChI=1S/C13H12N2O2S/c1-18-13(15-12-6-2-3-7-14-12)9-10(16)11-5-4-8-17-11/h2-9H,1H3,(H,14,15)/b13-9+. The first-order valence-electron chi connectivity index (χ1n) is 5.31. The van der Waals surface area contributed by atoms with Crippen molar-refractivity contribution in [1.82, 2.24) is 4.98 Å². The third-order valence-electron chi connectivity index (χ3n) is 2.16. The highest BCUT2D eigenvalue weighted by Crippen LogP contribution is 2.16. The van der Waals surface area contributed by atoms with Gasteiger partial charge in [0.05, 0.1) is 11.3 Å². The van der Waals surface area contributed by atoms with Crippen LogP contribution in [-0.2, 0) is 0 Å². The van der Waals surface area contributed by atoms with Crippen LogP contribution in [0.1, 0.15) is 10.6 Å². The molecule has 0 saturated heterocycles. The predicted octanol–water partition coefficient (Wildman–Crippen LogP) is 3.17. The molecule has 4 nitrogen and oxygen atoms in total. The fourth-order valence-electron chi connectivity index (χ4n) is 1.32. The number of ketones is 1. The van der Waals surface area contributed by atoms with E-state index in [0.717, 1.165) is 5.03 Å². The third-order valence-corrected chi connectivity index (χ3v) is 2.82. The molecule has 0 fully saturated rings. The fraction of sp³-hybridized carbons (Fsp3) is 0.0769. The number of nitrogens with zero attached hydrogens (tertiary/aromatic N) is 1. The number of pyridine rings is 1. The van der Waals surface area contributed by atoms with Gasteiger partial charge in [-0.15, -0.1) is 11.8 Å². The van der Waals surface area contributed by atoms with Crippen LogP contribution in [0.2, 0.25) is 0 Å². The van der Waals surface area contributed by atoms with E-state index in [2.05, 4.69) is 10.3 Å². The molecule has 5 heteroatoms. The van der Waals surface area contributed by atoms with E-state index in [0.29, 0.717) is 11.6 Å². The van der Waals surface area contributed by atoms with Crippen molar-refractivity contribution in [2.24, 2.45) is 0 Å². The molecule has 0 unspecified atom stereocenters. The average Bonchev–Trinajstić information content (AvgIpc) is 2.93. The number of thioether (sulfide) groups is 1. The minimum absolute atomic E-state index is 0.173. The van der Waals surface area contributed by atoms with Gasteiger partial charge in [0.1, 0.15) is 5.82 Å². The molecule has 0 amide bonds. The molecule has 0 aliphatic rings. The first-order valence-corrected chi connectivity index (χ1v) is 6.53. The van der Waals surface area contributed by atoms with Crippen LogP contribution in [0.3, 0.4) is 0 Å². The van der Waals surface area contributed by atoms with Gasteiger partial charge in [-0.3, -0.25) is 4.79 Å². The van der Waals surface area contributed by atoms with Gasteiger partial charge in [-0.2, -0.15) is 0 Å². The minimum atomic E-state index is -0.173. The molecule has 2 heterocycles. The van der Waals surface area contributed by atoms with Crippen molar-refractivity contribution in [1.29, 1.82) is 0 Å². The lowest BCUT2D eigenvalue weighted by molar-refractivity contribution is 0.102. The fourth-order valence-corrected chi connectivity index (χ4v) is 1.75. The smallest absolute Gasteiger partial charge is 0.223 e. The van der Waals surface area contributed by atoms with Crippen LogP contribution in [0, 0.1) is 0 Å². The van der Waals surface area contributed by atoms with Gasteiger partial charge in [0.15, 0.2) is 5.76 Å². The first-order chi connectivity index (χ1) is 8.79. The number of carbonyl (C=O) groups excluding carboxylic acids is 1. The van der Waals surface area contributed by atoms with Crippen molar-refractivity contribution in [2.75, 3.05) is 11.6 Å². The number of allylic oxidation sites excluding steroid dienone is 1. The van der Waals surface area contributed by atoms with Crippen molar-refractivity contribution in [3.05, 3.63) is 59.7 Å². The van der Waals surface area contributed by atoms with Crippen molar-refractivity contribution in [3.8, 4) is 0 Å². The summed E-state index contributed by atoms with van der Waals surface area (Å²) >= 11 is 1.44. The molecule has 1 N–H and O–H groups in total. The average molecular weight is 260 g/mol. The number of anilines is 1. The van der Waals surface area contributed by atoms with E-state index in [1.165, 1.54) is 24.1 Å². The van der Waals surface area contributed by atoms with Gasteiger partial charge < -0.3 is 9.73 Å². The Hall–Kier alpha value is -2.01. The van der Waals surface area contributed by atoms with Crippen molar-refractivity contribution < 1.29 is 9.21 Å². The molecule has 0 spiro atoms. The van der Waals surface area contributed by atoms with Crippen LogP contribution in [0.4, 0.5) is 5.82 Å². The summed E-state index contributed by atoms with van der Waals surface area (Å²) in [5.74, 6) is 0.850. The molecule has 0 atom stereocenters. The quantitative estimate of drug-likeness (QED) is 0.661. The van der Waals surface area contributed by atoms with Crippen LogP contribution in [0.25, 0.3) is 0 Å². The van der Waals surface area contributed by atoms with Gasteiger partial charge in [0.2, 0.25) is 5.78 Å². The Morgan fingerprint density at radius 3 is 2.89 bits per heavy atom. The second-order valence-corrected chi connectivity index (χ2v) is 4.24. The summed E-state index contributed by atoms with van der Waals surface area (Å²) in [6.45, 7) is 0. The van der Waals surface area contributed by atoms with E-state index in [-0.39, 0.29) is 5.78 Å². The lowest BCUT2D eigenvalue weighted by atomic mass is 10.3. The highest BCUT2D eigenvalue weighted by atomic mass is 32.2. The second-order valence-electron chi connectivity index (χ2n) is 3.39. The van der Waals surface area contributed by atoms with E-state index >= 15 is 0 Å².